The highest BCUT2D eigenvalue weighted by Crippen LogP contribution is 2.31. The minimum Gasteiger partial charge on any atom is -0.434 e. The van der Waals surface area contributed by atoms with Crippen LogP contribution in [0.25, 0.3) is 0 Å². The van der Waals surface area contributed by atoms with Crippen molar-refractivity contribution in [3.05, 3.63) is 23.2 Å². The third-order valence-corrected chi connectivity index (χ3v) is 2.60. The van der Waals surface area contributed by atoms with Crippen LogP contribution in [-0.2, 0) is 7.05 Å². The fourth-order valence-corrected chi connectivity index (χ4v) is 1.65. The van der Waals surface area contributed by atoms with Gasteiger partial charge in [0.1, 0.15) is 16.6 Å². The first-order valence-corrected chi connectivity index (χ1v) is 5.34. The molecule has 0 aliphatic carbocycles. The Bertz CT molecular complexity index is 498. The molecule has 6 nitrogen and oxygen atoms in total. The molecule has 0 aliphatic heterocycles. The molecular formula is C9H10BrN5O. The van der Waals surface area contributed by atoms with Crippen molar-refractivity contribution in [1.29, 1.82) is 0 Å². The Kier molecular flexibility index (Phi) is 3.04. The van der Waals surface area contributed by atoms with Crippen molar-refractivity contribution in [3.63, 3.8) is 0 Å². The Morgan fingerprint density at radius 2 is 2.25 bits per heavy atom. The molecule has 2 rings (SSSR count). The molecule has 1 N–H and O–H groups in total. The van der Waals surface area contributed by atoms with Gasteiger partial charge in [0.25, 0.3) is 0 Å². The maximum absolute atomic E-state index is 5.55. The highest BCUT2D eigenvalue weighted by atomic mass is 79.9. The molecule has 0 radical (unpaired) electrons. The molecule has 7 heteroatoms. The lowest BCUT2D eigenvalue weighted by Gasteiger charge is -2.06. The molecule has 0 spiro atoms. The van der Waals surface area contributed by atoms with Gasteiger partial charge in [-0.2, -0.15) is 5.10 Å². The molecule has 0 aromatic carbocycles. The summed E-state index contributed by atoms with van der Waals surface area (Å²) < 4.78 is 7.89. The fraction of sp³-hybridized carbons (Fsp3) is 0.222. The van der Waals surface area contributed by atoms with Crippen LogP contribution in [-0.4, -0.2) is 26.8 Å². The van der Waals surface area contributed by atoms with Crippen molar-refractivity contribution in [2.24, 2.45) is 7.05 Å². The quantitative estimate of drug-likeness (QED) is 0.931. The lowest BCUT2D eigenvalue weighted by molar-refractivity contribution is 0.458. The number of aryl methyl sites for hydroxylation is 1. The van der Waals surface area contributed by atoms with Gasteiger partial charge in [-0.15, -0.1) is 0 Å². The van der Waals surface area contributed by atoms with Crippen LogP contribution in [0.1, 0.15) is 0 Å². The van der Waals surface area contributed by atoms with Crippen LogP contribution in [0, 0.1) is 0 Å². The minimum absolute atomic E-state index is 0.451. The molecule has 0 bridgehead atoms. The summed E-state index contributed by atoms with van der Waals surface area (Å²) in [4.78, 5) is 8.07. The van der Waals surface area contributed by atoms with E-state index in [1.807, 2.05) is 7.05 Å². The van der Waals surface area contributed by atoms with Gasteiger partial charge in [-0.05, 0) is 15.9 Å². The molecule has 0 aliphatic rings. The first kappa shape index (κ1) is 10.9. The van der Waals surface area contributed by atoms with Crippen LogP contribution in [0.4, 0.5) is 5.82 Å². The van der Waals surface area contributed by atoms with Gasteiger partial charge in [0, 0.05) is 14.1 Å². The molecule has 2 aromatic rings. The lowest BCUT2D eigenvalue weighted by atomic mass is 10.5. The Morgan fingerprint density at radius 1 is 1.44 bits per heavy atom. The average molecular weight is 284 g/mol. The number of nitrogens with one attached hydrogen (secondary N) is 1. The van der Waals surface area contributed by atoms with Gasteiger partial charge in [0.15, 0.2) is 5.75 Å². The predicted octanol–water partition coefficient (Wildman–Crippen LogP) is 1.81. The van der Waals surface area contributed by atoms with Crippen molar-refractivity contribution >= 4 is 21.7 Å². The van der Waals surface area contributed by atoms with Crippen molar-refractivity contribution in [3.8, 4) is 11.6 Å². The van der Waals surface area contributed by atoms with Gasteiger partial charge in [-0.25, -0.2) is 9.97 Å². The smallest absolute Gasteiger partial charge is 0.239 e. The van der Waals surface area contributed by atoms with E-state index < -0.39 is 0 Å². The number of ether oxygens (including phenoxy) is 1. The van der Waals surface area contributed by atoms with E-state index in [1.165, 1.54) is 6.33 Å². The van der Waals surface area contributed by atoms with Gasteiger partial charge >= 0.3 is 0 Å². The molecule has 0 saturated heterocycles. The maximum Gasteiger partial charge on any atom is 0.239 e. The van der Waals surface area contributed by atoms with Gasteiger partial charge in [-0.1, -0.05) is 0 Å². The first-order valence-electron chi connectivity index (χ1n) is 4.55. The normalized spacial score (nSPS) is 10.2. The number of hydrogen-bond donors (Lipinski definition) is 1. The van der Waals surface area contributed by atoms with Crippen LogP contribution in [0.5, 0.6) is 11.6 Å². The molecule has 0 unspecified atom stereocenters. The maximum atomic E-state index is 5.55. The van der Waals surface area contributed by atoms with E-state index >= 15 is 0 Å². The monoisotopic (exact) mass is 283 g/mol. The van der Waals surface area contributed by atoms with Crippen molar-refractivity contribution < 1.29 is 4.74 Å². The molecule has 84 valence electrons. The number of rotatable bonds is 3. The SMILES string of the molecule is CNc1ncnc(Oc2cnn(C)c2)c1Br. The van der Waals surface area contributed by atoms with Gasteiger partial charge in [0.2, 0.25) is 5.88 Å². The summed E-state index contributed by atoms with van der Waals surface area (Å²) in [7, 11) is 3.60. The van der Waals surface area contributed by atoms with Crippen LogP contribution in [0.2, 0.25) is 0 Å². The van der Waals surface area contributed by atoms with Crippen LogP contribution >= 0.6 is 15.9 Å². The van der Waals surface area contributed by atoms with Crippen LogP contribution < -0.4 is 10.1 Å². The Hall–Kier alpha value is -1.63. The van der Waals surface area contributed by atoms with Gasteiger partial charge in [-0.3, -0.25) is 4.68 Å². The predicted molar refractivity (Wildman–Crippen MR) is 62.6 cm³/mol. The molecule has 0 fully saturated rings. The summed E-state index contributed by atoms with van der Waals surface area (Å²) in [6, 6.07) is 0. The highest BCUT2D eigenvalue weighted by molar-refractivity contribution is 9.10. The highest BCUT2D eigenvalue weighted by Gasteiger charge is 2.10. The number of aromatic nitrogens is 4. The fourth-order valence-electron chi connectivity index (χ4n) is 1.16. The second-order valence-corrected chi connectivity index (χ2v) is 3.84. The topological polar surface area (TPSA) is 64.9 Å². The van der Waals surface area contributed by atoms with E-state index in [-0.39, 0.29) is 0 Å². The third-order valence-electron chi connectivity index (χ3n) is 1.89. The Morgan fingerprint density at radius 3 is 2.88 bits per heavy atom. The molecule has 0 atom stereocenters. The Labute approximate surface area is 101 Å². The summed E-state index contributed by atoms with van der Waals surface area (Å²) in [5.74, 6) is 1.75. The zero-order valence-electron chi connectivity index (χ0n) is 8.81. The van der Waals surface area contributed by atoms with E-state index in [1.54, 1.807) is 24.1 Å². The third kappa shape index (κ3) is 2.13. The zero-order valence-corrected chi connectivity index (χ0v) is 10.4. The van der Waals surface area contributed by atoms with Crippen LogP contribution in [0.15, 0.2) is 23.2 Å². The van der Waals surface area contributed by atoms with E-state index in [9.17, 15) is 0 Å². The van der Waals surface area contributed by atoms with E-state index in [0.717, 1.165) is 0 Å². The average Bonchev–Trinajstić information content (AvgIpc) is 2.67. The minimum atomic E-state index is 0.451. The second-order valence-electron chi connectivity index (χ2n) is 3.04. The first-order chi connectivity index (χ1) is 7.70. The van der Waals surface area contributed by atoms with E-state index in [2.05, 4.69) is 36.3 Å². The van der Waals surface area contributed by atoms with Gasteiger partial charge in [0.05, 0.1) is 12.4 Å². The molecule has 2 aromatic heterocycles. The summed E-state index contributed by atoms with van der Waals surface area (Å²) in [5.41, 5.74) is 0. The molecule has 2 heterocycles. The van der Waals surface area contributed by atoms with E-state index in [0.29, 0.717) is 21.9 Å². The summed E-state index contributed by atoms with van der Waals surface area (Å²) >= 11 is 3.37. The van der Waals surface area contributed by atoms with Crippen molar-refractivity contribution in [1.82, 2.24) is 19.7 Å². The summed E-state index contributed by atoms with van der Waals surface area (Å²) in [5, 5.41) is 6.93. The molecular weight excluding hydrogens is 274 g/mol. The number of anilines is 1. The van der Waals surface area contributed by atoms with Crippen molar-refractivity contribution in [2.45, 2.75) is 0 Å². The summed E-state index contributed by atoms with van der Waals surface area (Å²) in [6.45, 7) is 0. The summed E-state index contributed by atoms with van der Waals surface area (Å²) in [6.07, 6.45) is 4.81. The van der Waals surface area contributed by atoms with E-state index in [4.69, 9.17) is 4.74 Å². The molecule has 0 saturated carbocycles. The van der Waals surface area contributed by atoms with Gasteiger partial charge < -0.3 is 10.1 Å². The lowest BCUT2D eigenvalue weighted by Crippen LogP contribution is -1.97. The number of nitrogens with zero attached hydrogens (tertiary/aromatic N) is 4. The largest absolute Gasteiger partial charge is 0.434 e. The zero-order chi connectivity index (χ0) is 11.5. The standard InChI is InChI=1S/C9H10BrN5O/c1-11-8-7(10)9(13-5-12-8)16-6-3-14-15(2)4-6/h3-5H,1-2H3,(H,11,12,13). The Balaban J connectivity index is 2.28. The molecule has 0 amide bonds. The second kappa shape index (κ2) is 4.48. The van der Waals surface area contributed by atoms with Crippen molar-refractivity contribution in [2.75, 3.05) is 12.4 Å². The van der Waals surface area contributed by atoms with Crippen LogP contribution in [0.3, 0.4) is 0 Å². The number of halogens is 1. The molecule has 16 heavy (non-hydrogen) atoms. The number of hydrogen-bond acceptors (Lipinski definition) is 5.